The van der Waals surface area contributed by atoms with E-state index in [1.165, 1.54) is 51.4 Å². The molecule has 0 saturated heterocycles. The Kier molecular flexibility index (Phi) is 23.6. The van der Waals surface area contributed by atoms with Crippen LogP contribution in [0.1, 0.15) is 101 Å². The largest absolute Gasteiger partial charge is 0.356 e. The first-order valence-corrected chi connectivity index (χ1v) is 17.8. The summed E-state index contributed by atoms with van der Waals surface area (Å²) in [5, 5.41) is 18.2. The van der Waals surface area contributed by atoms with Gasteiger partial charge >= 0.3 is 0 Å². The highest BCUT2D eigenvalue weighted by Crippen LogP contribution is 2.08. The van der Waals surface area contributed by atoms with Gasteiger partial charge in [0.15, 0.2) is 0 Å². The molecule has 0 bridgehead atoms. The second-order valence-electron chi connectivity index (χ2n) is 11.9. The molecule has 0 fully saturated rings. The molecule has 2 heterocycles. The summed E-state index contributed by atoms with van der Waals surface area (Å²) in [6.45, 7) is 5.75. The van der Waals surface area contributed by atoms with Crippen LogP contribution in [0.3, 0.4) is 0 Å². The SMILES string of the molecule is O=C(CCC(=O)NCc1ccccn1)NCCCNCCCCCCCCCCNCCCNC(=O)CCC(=O)NCc1ccccn1. The Morgan fingerprint density at radius 2 is 0.771 bits per heavy atom. The first-order chi connectivity index (χ1) is 23.5. The second-order valence-corrected chi connectivity index (χ2v) is 11.9. The molecule has 2 aromatic rings. The Morgan fingerprint density at radius 3 is 1.15 bits per heavy atom. The number of rotatable bonds is 29. The third-order valence-corrected chi connectivity index (χ3v) is 7.71. The summed E-state index contributed by atoms with van der Waals surface area (Å²) in [6.07, 6.45) is 15.8. The van der Waals surface area contributed by atoms with Crippen molar-refractivity contribution in [1.82, 2.24) is 41.9 Å². The summed E-state index contributed by atoms with van der Waals surface area (Å²) in [7, 11) is 0. The maximum atomic E-state index is 11.9. The average molecular weight is 667 g/mol. The van der Waals surface area contributed by atoms with Gasteiger partial charge in [-0.3, -0.25) is 29.1 Å². The summed E-state index contributed by atoms with van der Waals surface area (Å²) in [5.41, 5.74) is 1.59. The van der Waals surface area contributed by atoms with Crippen LogP contribution in [0.2, 0.25) is 0 Å². The quantitative estimate of drug-likeness (QED) is 0.0720. The van der Waals surface area contributed by atoms with Crippen LogP contribution in [0.5, 0.6) is 0 Å². The molecular formula is C36H58N8O4. The number of carbonyl (C=O) groups is 4. The van der Waals surface area contributed by atoms with Crippen LogP contribution in [0.25, 0.3) is 0 Å². The fourth-order valence-electron chi connectivity index (χ4n) is 4.88. The highest BCUT2D eigenvalue weighted by molar-refractivity contribution is 5.84. The molecule has 0 atom stereocenters. The van der Waals surface area contributed by atoms with Crippen LogP contribution >= 0.6 is 0 Å². The van der Waals surface area contributed by atoms with E-state index in [0.29, 0.717) is 26.2 Å². The Hall–Kier alpha value is -3.90. The topological polar surface area (TPSA) is 166 Å². The minimum Gasteiger partial charge on any atom is -0.356 e. The number of hydrogen-bond donors (Lipinski definition) is 6. The first-order valence-electron chi connectivity index (χ1n) is 17.8. The number of nitrogens with one attached hydrogen (secondary N) is 6. The highest BCUT2D eigenvalue weighted by atomic mass is 16.2. The molecule has 48 heavy (non-hydrogen) atoms. The van der Waals surface area contributed by atoms with E-state index >= 15 is 0 Å². The zero-order chi connectivity index (χ0) is 34.3. The lowest BCUT2D eigenvalue weighted by molar-refractivity contribution is -0.126. The van der Waals surface area contributed by atoms with E-state index in [-0.39, 0.29) is 49.3 Å². The number of hydrogen-bond acceptors (Lipinski definition) is 8. The molecule has 0 unspecified atom stereocenters. The smallest absolute Gasteiger partial charge is 0.220 e. The van der Waals surface area contributed by atoms with Crippen molar-refractivity contribution in [3.05, 3.63) is 60.2 Å². The Bertz CT molecular complexity index is 1050. The van der Waals surface area contributed by atoms with Crippen molar-refractivity contribution in [2.75, 3.05) is 39.3 Å². The maximum absolute atomic E-state index is 11.9. The van der Waals surface area contributed by atoms with Crippen LogP contribution in [0.4, 0.5) is 0 Å². The van der Waals surface area contributed by atoms with Gasteiger partial charge in [0, 0.05) is 51.2 Å². The van der Waals surface area contributed by atoms with E-state index < -0.39 is 0 Å². The van der Waals surface area contributed by atoms with Crippen molar-refractivity contribution in [1.29, 1.82) is 0 Å². The Morgan fingerprint density at radius 1 is 0.417 bits per heavy atom. The summed E-state index contributed by atoms with van der Waals surface area (Å²) in [4.78, 5) is 56.0. The van der Waals surface area contributed by atoms with Gasteiger partial charge in [-0.15, -0.1) is 0 Å². The Balaban J connectivity index is 1.23. The molecule has 12 nitrogen and oxygen atoms in total. The first kappa shape index (κ1) is 40.3. The summed E-state index contributed by atoms with van der Waals surface area (Å²) >= 11 is 0. The number of pyridine rings is 2. The van der Waals surface area contributed by atoms with Crippen LogP contribution in [0.15, 0.2) is 48.8 Å². The fourth-order valence-corrected chi connectivity index (χ4v) is 4.88. The van der Waals surface area contributed by atoms with Gasteiger partial charge in [-0.05, 0) is 76.1 Å². The lowest BCUT2D eigenvalue weighted by Gasteiger charge is -2.08. The third kappa shape index (κ3) is 23.4. The van der Waals surface area contributed by atoms with Crippen molar-refractivity contribution in [3.8, 4) is 0 Å². The number of nitrogens with zero attached hydrogens (tertiary/aromatic N) is 2. The molecule has 266 valence electrons. The number of carbonyl (C=O) groups excluding carboxylic acids is 4. The summed E-state index contributed by atoms with van der Waals surface area (Å²) in [6, 6.07) is 11.1. The van der Waals surface area contributed by atoms with E-state index in [2.05, 4.69) is 41.9 Å². The van der Waals surface area contributed by atoms with E-state index in [9.17, 15) is 19.2 Å². The molecule has 2 aromatic heterocycles. The molecule has 4 amide bonds. The third-order valence-electron chi connectivity index (χ3n) is 7.71. The maximum Gasteiger partial charge on any atom is 0.220 e. The van der Waals surface area contributed by atoms with E-state index in [1.54, 1.807) is 12.4 Å². The lowest BCUT2D eigenvalue weighted by Crippen LogP contribution is -2.29. The molecule has 0 spiro atoms. The average Bonchev–Trinajstić information content (AvgIpc) is 3.11. The van der Waals surface area contributed by atoms with Crippen LogP contribution < -0.4 is 31.9 Å². The molecule has 0 aliphatic rings. The van der Waals surface area contributed by atoms with E-state index in [1.807, 2.05) is 36.4 Å². The van der Waals surface area contributed by atoms with Crippen LogP contribution in [-0.2, 0) is 32.3 Å². The normalized spacial score (nSPS) is 10.8. The van der Waals surface area contributed by atoms with Crippen molar-refractivity contribution >= 4 is 23.6 Å². The number of aromatic nitrogens is 2. The predicted molar refractivity (Wildman–Crippen MR) is 189 cm³/mol. The fraction of sp³-hybridized carbons (Fsp3) is 0.611. The zero-order valence-electron chi connectivity index (χ0n) is 28.7. The van der Waals surface area contributed by atoms with Gasteiger partial charge < -0.3 is 31.9 Å². The van der Waals surface area contributed by atoms with Gasteiger partial charge in [0.05, 0.1) is 24.5 Å². The molecule has 0 saturated carbocycles. The van der Waals surface area contributed by atoms with Crippen molar-refractivity contribution < 1.29 is 19.2 Å². The molecule has 0 radical (unpaired) electrons. The lowest BCUT2D eigenvalue weighted by atomic mass is 10.1. The Labute approximate surface area is 286 Å². The van der Waals surface area contributed by atoms with Crippen molar-refractivity contribution in [2.45, 2.75) is 103 Å². The molecule has 0 aliphatic carbocycles. The molecule has 2 rings (SSSR count). The van der Waals surface area contributed by atoms with Crippen molar-refractivity contribution in [3.63, 3.8) is 0 Å². The second kappa shape index (κ2) is 28.1. The van der Waals surface area contributed by atoms with Gasteiger partial charge in [-0.2, -0.15) is 0 Å². The standard InChI is InChI=1S/C36H58N8O4/c45-33(17-19-35(47)43-29-31-15-7-11-25-39-31)41-27-13-23-37-21-9-5-3-1-2-4-6-10-22-38-24-14-28-42-34(46)18-20-36(48)44-30-32-16-8-12-26-40-32/h7-8,11-12,15-16,25-26,37-38H,1-6,9-10,13-14,17-24,27-30H2,(H,41,45)(H,42,46)(H,43,47)(H,44,48). The highest BCUT2D eigenvalue weighted by Gasteiger charge is 2.08. The number of unbranched alkanes of at least 4 members (excludes halogenated alkanes) is 7. The zero-order valence-corrected chi connectivity index (χ0v) is 28.7. The van der Waals surface area contributed by atoms with Gasteiger partial charge in [0.1, 0.15) is 0 Å². The minimum atomic E-state index is -0.145. The monoisotopic (exact) mass is 666 g/mol. The minimum absolute atomic E-state index is 0.0913. The molecule has 12 heteroatoms. The van der Waals surface area contributed by atoms with Crippen LogP contribution in [0, 0.1) is 0 Å². The summed E-state index contributed by atoms with van der Waals surface area (Å²) < 4.78 is 0. The number of amides is 4. The molecule has 6 N–H and O–H groups in total. The van der Waals surface area contributed by atoms with Gasteiger partial charge in [-0.25, -0.2) is 0 Å². The molecular weight excluding hydrogens is 608 g/mol. The molecule has 0 aliphatic heterocycles. The van der Waals surface area contributed by atoms with Gasteiger partial charge in [0.2, 0.25) is 23.6 Å². The van der Waals surface area contributed by atoms with E-state index in [0.717, 1.165) is 50.4 Å². The van der Waals surface area contributed by atoms with Gasteiger partial charge in [0.25, 0.3) is 0 Å². The predicted octanol–water partition coefficient (Wildman–Crippen LogP) is 3.28. The van der Waals surface area contributed by atoms with E-state index in [4.69, 9.17) is 0 Å². The van der Waals surface area contributed by atoms with Crippen LogP contribution in [-0.4, -0.2) is 72.9 Å². The van der Waals surface area contributed by atoms with Crippen molar-refractivity contribution in [2.24, 2.45) is 0 Å². The van der Waals surface area contributed by atoms with Gasteiger partial charge in [-0.1, -0.05) is 50.7 Å². The summed E-state index contributed by atoms with van der Waals surface area (Å²) in [5.74, 6) is -0.473. The molecule has 0 aromatic carbocycles.